The molecule has 142 valence electrons. The van der Waals surface area contributed by atoms with Crippen molar-refractivity contribution in [1.29, 1.82) is 0 Å². The fourth-order valence-electron chi connectivity index (χ4n) is 3.00. The van der Waals surface area contributed by atoms with Crippen molar-refractivity contribution < 1.29 is 0 Å². The van der Waals surface area contributed by atoms with Crippen molar-refractivity contribution in [2.75, 3.05) is 24.5 Å². The fraction of sp³-hybridized carbons (Fsp3) is 0.500. The van der Waals surface area contributed by atoms with E-state index in [-0.39, 0.29) is 24.0 Å². The van der Waals surface area contributed by atoms with Crippen LogP contribution in [-0.2, 0) is 13.6 Å². The molecule has 0 bridgehead atoms. The number of rotatable bonds is 5. The third-order valence-corrected chi connectivity index (χ3v) is 4.56. The van der Waals surface area contributed by atoms with Gasteiger partial charge < -0.3 is 20.1 Å². The molecular weight excluding hydrogens is 441 g/mol. The topological polar surface area (TPSA) is 70.4 Å². The van der Waals surface area contributed by atoms with E-state index in [1.54, 1.807) is 0 Å². The molecule has 26 heavy (non-hydrogen) atoms. The second kappa shape index (κ2) is 9.75. The maximum atomic E-state index is 4.67. The predicted octanol–water partition coefficient (Wildman–Crippen LogP) is 2.08. The minimum Gasteiger partial charge on any atom is -0.369 e. The summed E-state index contributed by atoms with van der Waals surface area (Å²) in [6.45, 7) is 7.41. The number of hydrogen-bond acceptors (Lipinski definition) is 4. The van der Waals surface area contributed by atoms with E-state index in [4.69, 9.17) is 0 Å². The third-order valence-electron chi connectivity index (χ3n) is 4.56. The van der Waals surface area contributed by atoms with Crippen LogP contribution in [0.4, 0.5) is 5.69 Å². The number of aliphatic imine (C=N–C) groups is 1. The zero-order valence-electron chi connectivity index (χ0n) is 15.6. The molecule has 3 rings (SSSR count). The van der Waals surface area contributed by atoms with Gasteiger partial charge in [-0.1, -0.05) is 18.2 Å². The summed E-state index contributed by atoms with van der Waals surface area (Å²) >= 11 is 0. The maximum absolute atomic E-state index is 4.67. The van der Waals surface area contributed by atoms with Gasteiger partial charge in [0.2, 0.25) is 0 Å². The van der Waals surface area contributed by atoms with Gasteiger partial charge in [0, 0.05) is 38.4 Å². The molecule has 1 atom stereocenters. The monoisotopic (exact) mass is 469 g/mol. The number of hydrogen-bond donors (Lipinski definition) is 2. The minimum atomic E-state index is 0. The molecule has 1 aromatic carbocycles. The second-order valence-corrected chi connectivity index (χ2v) is 6.33. The molecule has 0 spiro atoms. The quantitative estimate of drug-likeness (QED) is 0.399. The Hall–Kier alpha value is -1.84. The van der Waals surface area contributed by atoms with E-state index in [0.717, 1.165) is 43.7 Å². The van der Waals surface area contributed by atoms with Crippen LogP contribution in [0.5, 0.6) is 0 Å². The Morgan fingerprint density at radius 3 is 2.69 bits per heavy atom. The number of anilines is 1. The van der Waals surface area contributed by atoms with E-state index < -0.39 is 0 Å². The summed E-state index contributed by atoms with van der Waals surface area (Å²) in [5.41, 5.74) is 1.28. The molecule has 1 unspecified atom stereocenters. The smallest absolute Gasteiger partial charge is 0.191 e. The molecule has 0 radical (unpaired) electrons. The van der Waals surface area contributed by atoms with Crippen LogP contribution in [0.3, 0.4) is 0 Å². The van der Waals surface area contributed by atoms with Gasteiger partial charge in [-0.2, -0.15) is 0 Å². The number of halogens is 1. The highest BCUT2D eigenvalue weighted by Gasteiger charge is 2.23. The van der Waals surface area contributed by atoms with Crippen molar-refractivity contribution in [1.82, 2.24) is 25.4 Å². The van der Waals surface area contributed by atoms with Gasteiger partial charge in [-0.15, -0.1) is 34.2 Å². The number of guanidine groups is 1. The van der Waals surface area contributed by atoms with Crippen LogP contribution in [0.25, 0.3) is 0 Å². The molecule has 1 aromatic heterocycles. The standard InChI is InChI=1S/C18H27N7.HI/c1-4-19-18(20-12-17-23-22-14(2)24(17)3)21-15-10-11-25(13-15)16-8-6-5-7-9-16;/h5-9,15H,4,10-13H2,1-3H3,(H2,19,20,21);1H. The normalized spacial score (nSPS) is 17.1. The number of nitrogens with zero attached hydrogens (tertiary/aromatic N) is 5. The number of nitrogens with one attached hydrogen (secondary N) is 2. The average Bonchev–Trinajstić information content (AvgIpc) is 3.22. The Morgan fingerprint density at radius 2 is 2.04 bits per heavy atom. The van der Waals surface area contributed by atoms with Gasteiger partial charge in [0.1, 0.15) is 12.4 Å². The van der Waals surface area contributed by atoms with E-state index in [1.165, 1.54) is 5.69 Å². The highest BCUT2D eigenvalue weighted by atomic mass is 127. The van der Waals surface area contributed by atoms with Crippen molar-refractivity contribution >= 4 is 35.6 Å². The second-order valence-electron chi connectivity index (χ2n) is 6.33. The van der Waals surface area contributed by atoms with Gasteiger partial charge in [-0.3, -0.25) is 0 Å². The summed E-state index contributed by atoms with van der Waals surface area (Å²) in [6.07, 6.45) is 1.10. The first-order valence-corrected chi connectivity index (χ1v) is 8.87. The molecule has 8 heteroatoms. The lowest BCUT2D eigenvalue weighted by atomic mass is 10.3. The first kappa shape index (κ1) is 20.5. The lowest BCUT2D eigenvalue weighted by molar-refractivity contribution is 0.646. The van der Waals surface area contributed by atoms with Gasteiger partial charge in [-0.05, 0) is 32.4 Å². The predicted molar refractivity (Wildman–Crippen MR) is 116 cm³/mol. The average molecular weight is 469 g/mol. The molecule has 1 fully saturated rings. The van der Waals surface area contributed by atoms with Gasteiger partial charge in [-0.25, -0.2) is 4.99 Å². The van der Waals surface area contributed by atoms with Crippen LogP contribution in [-0.4, -0.2) is 46.4 Å². The minimum absolute atomic E-state index is 0. The Bertz CT molecular complexity index is 714. The van der Waals surface area contributed by atoms with Crippen molar-refractivity contribution in [3.05, 3.63) is 42.0 Å². The Kier molecular flexibility index (Phi) is 7.67. The molecular formula is C18H28IN7. The van der Waals surface area contributed by atoms with Gasteiger partial charge >= 0.3 is 0 Å². The van der Waals surface area contributed by atoms with E-state index in [9.17, 15) is 0 Å². The van der Waals surface area contributed by atoms with Crippen molar-refractivity contribution in [2.45, 2.75) is 32.9 Å². The van der Waals surface area contributed by atoms with Crippen LogP contribution in [0.15, 0.2) is 35.3 Å². The SMILES string of the molecule is CCNC(=NCc1nnc(C)n1C)NC1CCN(c2ccccc2)C1.I. The molecule has 0 amide bonds. The van der Waals surface area contributed by atoms with Crippen molar-refractivity contribution in [2.24, 2.45) is 12.0 Å². The molecule has 1 aliphatic rings. The first-order chi connectivity index (χ1) is 12.2. The summed E-state index contributed by atoms with van der Waals surface area (Å²) in [6, 6.07) is 10.9. The highest BCUT2D eigenvalue weighted by Crippen LogP contribution is 2.19. The van der Waals surface area contributed by atoms with E-state index in [1.807, 2.05) is 18.5 Å². The molecule has 7 nitrogen and oxygen atoms in total. The van der Waals surface area contributed by atoms with Crippen LogP contribution >= 0.6 is 24.0 Å². The highest BCUT2D eigenvalue weighted by molar-refractivity contribution is 14.0. The molecule has 2 N–H and O–H groups in total. The number of benzene rings is 1. The maximum Gasteiger partial charge on any atom is 0.191 e. The zero-order valence-corrected chi connectivity index (χ0v) is 18.0. The Balaban J connectivity index is 0.00000243. The summed E-state index contributed by atoms with van der Waals surface area (Å²) in [7, 11) is 1.97. The molecule has 0 aliphatic carbocycles. The Labute approximate surface area is 172 Å². The largest absolute Gasteiger partial charge is 0.369 e. The third kappa shape index (κ3) is 5.09. The van der Waals surface area contributed by atoms with Crippen LogP contribution in [0.2, 0.25) is 0 Å². The van der Waals surface area contributed by atoms with Gasteiger partial charge in [0.05, 0.1) is 0 Å². The van der Waals surface area contributed by atoms with Gasteiger partial charge in [0.15, 0.2) is 11.8 Å². The molecule has 2 heterocycles. The zero-order chi connectivity index (χ0) is 17.6. The Morgan fingerprint density at radius 1 is 1.27 bits per heavy atom. The van der Waals surface area contributed by atoms with E-state index in [2.05, 4.69) is 68.0 Å². The van der Waals surface area contributed by atoms with Crippen molar-refractivity contribution in [3.63, 3.8) is 0 Å². The molecule has 1 saturated heterocycles. The summed E-state index contributed by atoms with van der Waals surface area (Å²) in [5.74, 6) is 2.60. The summed E-state index contributed by atoms with van der Waals surface area (Å²) in [4.78, 5) is 7.08. The van der Waals surface area contributed by atoms with Crippen LogP contribution < -0.4 is 15.5 Å². The first-order valence-electron chi connectivity index (χ1n) is 8.87. The molecule has 2 aromatic rings. The van der Waals surface area contributed by atoms with E-state index >= 15 is 0 Å². The number of aryl methyl sites for hydroxylation is 1. The molecule has 0 saturated carbocycles. The lowest BCUT2D eigenvalue weighted by Crippen LogP contribution is -2.44. The van der Waals surface area contributed by atoms with Crippen LogP contribution in [0, 0.1) is 6.92 Å². The van der Waals surface area contributed by atoms with E-state index in [0.29, 0.717) is 12.6 Å². The van der Waals surface area contributed by atoms with Crippen molar-refractivity contribution in [3.8, 4) is 0 Å². The van der Waals surface area contributed by atoms with Gasteiger partial charge in [0.25, 0.3) is 0 Å². The summed E-state index contributed by atoms with van der Waals surface area (Å²) < 4.78 is 1.97. The lowest BCUT2D eigenvalue weighted by Gasteiger charge is -2.20. The fourth-order valence-corrected chi connectivity index (χ4v) is 3.00. The summed E-state index contributed by atoms with van der Waals surface area (Å²) in [5, 5.41) is 15.1. The number of aromatic nitrogens is 3. The molecule has 1 aliphatic heterocycles. The van der Waals surface area contributed by atoms with Crippen LogP contribution in [0.1, 0.15) is 25.0 Å². The number of para-hydroxylation sites is 1.